The highest BCUT2D eigenvalue weighted by molar-refractivity contribution is 7.80. The molecule has 0 radical (unpaired) electrons. The first-order valence-corrected chi connectivity index (χ1v) is 10.9. The van der Waals surface area contributed by atoms with Gasteiger partial charge in [0.05, 0.1) is 11.6 Å². The van der Waals surface area contributed by atoms with E-state index in [4.69, 9.17) is 17.0 Å². The third-order valence-corrected chi connectivity index (χ3v) is 5.50. The number of allylic oxidation sites excluding steroid dienone is 1. The summed E-state index contributed by atoms with van der Waals surface area (Å²) in [5, 5.41) is 9.84. The van der Waals surface area contributed by atoms with Crippen LogP contribution in [0.4, 0.5) is 0 Å². The van der Waals surface area contributed by atoms with Crippen LogP contribution < -0.4 is 20.7 Å². The maximum atomic E-state index is 13.2. The van der Waals surface area contributed by atoms with Gasteiger partial charge in [-0.2, -0.15) is 0 Å². The molecule has 1 unspecified atom stereocenters. The lowest BCUT2D eigenvalue weighted by molar-refractivity contribution is -0.118. The van der Waals surface area contributed by atoms with E-state index in [0.29, 0.717) is 29.6 Å². The summed E-state index contributed by atoms with van der Waals surface area (Å²) in [4.78, 5) is 13.2. The monoisotopic (exact) mass is 443 g/mol. The number of nitrogens with one attached hydrogen (secondary N) is 3. The zero-order chi connectivity index (χ0) is 22.3. The fraction of sp³-hybridized carbons (Fsp3) is 0.154. The number of benzene rings is 3. The van der Waals surface area contributed by atoms with Gasteiger partial charge < -0.3 is 20.7 Å². The van der Waals surface area contributed by atoms with Crippen molar-refractivity contribution in [3.05, 3.63) is 113 Å². The van der Waals surface area contributed by atoms with E-state index >= 15 is 0 Å². The molecular weight excluding hydrogens is 418 g/mol. The van der Waals surface area contributed by atoms with Gasteiger partial charge in [-0.3, -0.25) is 4.79 Å². The van der Waals surface area contributed by atoms with Crippen molar-refractivity contribution in [2.75, 3.05) is 0 Å². The Morgan fingerprint density at radius 1 is 0.938 bits per heavy atom. The summed E-state index contributed by atoms with van der Waals surface area (Å²) >= 11 is 5.40. The van der Waals surface area contributed by atoms with Gasteiger partial charge in [0.25, 0.3) is 5.91 Å². The largest absolute Gasteiger partial charge is 0.489 e. The fourth-order valence-corrected chi connectivity index (χ4v) is 3.96. The van der Waals surface area contributed by atoms with Gasteiger partial charge in [-0.05, 0) is 36.3 Å². The Labute approximate surface area is 193 Å². The maximum absolute atomic E-state index is 13.2. The normalized spacial score (nSPS) is 15.5. The second kappa shape index (κ2) is 10.1. The predicted octanol–water partition coefficient (Wildman–Crippen LogP) is 4.37. The first-order valence-electron chi connectivity index (χ1n) is 10.5. The number of carbonyl (C=O) groups is 1. The zero-order valence-electron chi connectivity index (χ0n) is 17.8. The fourth-order valence-electron chi connectivity index (χ4n) is 3.69. The van der Waals surface area contributed by atoms with E-state index < -0.39 is 6.04 Å². The van der Waals surface area contributed by atoms with E-state index in [1.54, 1.807) is 0 Å². The molecule has 32 heavy (non-hydrogen) atoms. The van der Waals surface area contributed by atoms with Crippen molar-refractivity contribution in [3.8, 4) is 5.75 Å². The Kier molecular flexibility index (Phi) is 6.82. The Balaban J connectivity index is 1.58. The molecule has 0 aliphatic carbocycles. The molecule has 0 bridgehead atoms. The summed E-state index contributed by atoms with van der Waals surface area (Å²) in [5.41, 5.74) is 4.28. The Morgan fingerprint density at radius 2 is 1.56 bits per heavy atom. The number of para-hydroxylation sites is 1. The van der Waals surface area contributed by atoms with Crippen LogP contribution in [0.1, 0.15) is 29.7 Å². The van der Waals surface area contributed by atoms with Gasteiger partial charge in [0.15, 0.2) is 5.11 Å². The molecular formula is C26H25N3O2S. The number of ether oxygens (including phenoxy) is 1. The summed E-state index contributed by atoms with van der Waals surface area (Å²) < 4.78 is 6.15. The molecule has 5 nitrogen and oxygen atoms in total. The third kappa shape index (κ3) is 5.15. The minimum absolute atomic E-state index is 0.156. The van der Waals surface area contributed by atoms with Crippen LogP contribution in [0.3, 0.4) is 0 Å². The first kappa shape index (κ1) is 21.6. The Bertz CT molecular complexity index is 1130. The minimum Gasteiger partial charge on any atom is -0.489 e. The third-order valence-electron chi connectivity index (χ3n) is 5.28. The Morgan fingerprint density at radius 3 is 2.28 bits per heavy atom. The predicted molar refractivity (Wildman–Crippen MR) is 130 cm³/mol. The molecule has 3 N–H and O–H groups in total. The topological polar surface area (TPSA) is 62.4 Å². The lowest BCUT2D eigenvalue weighted by Gasteiger charge is -2.31. The van der Waals surface area contributed by atoms with E-state index in [-0.39, 0.29) is 5.91 Å². The summed E-state index contributed by atoms with van der Waals surface area (Å²) in [6.45, 7) is 2.75. The molecule has 0 fully saturated rings. The second-order valence-electron chi connectivity index (χ2n) is 7.55. The number of carbonyl (C=O) groups excluding carboxylic acids is 1. The number of hydrogen-bond acceptors (Lipinski definition) is 3. The maximum Gasteiger partial charge on any atom is 0.251 e. The van der Waals surface area contributed by atoms with Crippen LogP contribution in [0.25, 0.3) is 0 Å². The SMILES string of the molecule is CC1=C(C(=O)NCc2ccccc2)C(c2ccccc2OCc2ccccc2)NC(=S)N1. The molecule has 3 aromatic carbocycles. The van der Waals surface area contributed by atoms with Crippen LogP contribution >= 0.6 is 12.2 Å². The van der Waals surface area contributed by atoms with Crippen LogP contribution in [0.5, 0.6) is 5.75 Å². The van der Waals surface area contributed by atoms with Crippen molar-refractivity contribution in [1.82, 2.24) is 16.0 Å². The summed E-state index contributed by atoms with van der Waals surface area (Å²) in [6, 6.07) is 27.1. The van der Waals surface area contributed by atoms with Crippen LogP contribution in [-0.4, -0.2) is 11.0 Å². The molecule has 6 heteroatoms. The van der Waals surface area contributed by atoms with Crippen LogP contribution in [0.2, 0.25) is 0 Å². The van der Waals surface area contributed by atoms with E-state index in [1.165, 1.54) is 0 Å². The molecule has 162 valence electrons. The Hall–Kier alpha value is -3.64. The van der Waals surface area contributed by atoms with Crippen LogP contribution in [-0.2, 0) is 17.9 Å². The summed E-state index contributed by atoms with van der Waals surface area (Å²) in [6.07, 6.45) is 0. The quantitative estimate of drug-likeness (QED) is 0.473. The molecule has 1 aliphatic heterocycles. The van der Waals surface area contributed by atoms with Crippen LogP contribution in [0.15, 0.2) is 96.2 Å². The number of hydrogen-bond donors (Lipinski definition) is 3. The summed E-state index contributed by atoms with van der Waals surface area (Å²) in [7, 11) is 0. The van der Waals surface area contributed by atoms with Crippen LogP contribution in [0, 0.1) is 0 Å². The smallest absolute Gasteiger partial charge is 0.251 e. The number of amides is 1. The standard InChI is InChI=1S/C26H25N3O2S/c1-18-23(25(30)27-16-19-10-4-2-5-11-19)24(29-26(32)28-18)21-14-8-9-15-22(21)31-17-20-12-6-3-7-13-20/h2-15,24H,16-17H2,1H3,(H,27,30)(H2,28,29,32). The number of rotatable bonds is 7. The lowest BCUT2D eigenvalue weighted by Crippen LogP contribution is -2.46. The van der Waals surface area contributed by atoms with E-state index in [9.17, 15) is 4.79 Å². The highest BCUT2D eigenvalue weighted by Crippen LogP contribution is 2.33. The molecule has 1 amide bonds. The van der Waals surface area contributed by atoms with Crippen molar-refractivity contribution in [2.24, 2.45) is 0 Å². The van der Waals surface area contributed by atoms with Crippen molar-refractivity contribution in [3.63, 3.8) is 0 Å². The van der Waals surface area contributed by atoms with Gasteiger partial charge >= 0.3 is 0 Å². The molecule has 1 atom stereocenters. The second-order valence-corrected chi connectivity index (χ2v) is 7.96. The molecule has 1 aliphatic rings. The average molecular weight is 444 g/mol. The van der Waals surface area contributed by atoms with Crippen molar-refractivity contribution >= 4 is 23.2 Å². The molecule has 0 aromatic heterocycles. The van der Waals surface area contributed by atoms with Gasteiger partial charge in [0, 0.05) is 17.8 Å². The van der Waals surface area contributed by atoms with E-state index in [2.05, 4.69) is 16.0 Å². The van der Waals surface area contributed by atoms with Crippen molar-refractivity contribution < 1.29 is 9.53 Å². The highest BCUT2D eigenvalue weighted by atomic mass is 32.1. The van der Waals surface area contributed by atoms with Gasteiger partial charge in [-0.1, -0.05) is 78.9 Å². The molecule has 4 rings (SSSR count). The van der Waals surface area contributed by atoms with Crippen molar-refractivity contribution in [2.45, 2.75) is 26.1 Å². The molecule has 0 saturated heterocycles. The average Bonchev–Trinajstić information content (AvgIpc) is 2.82. The first-order chi connectivity index (χ1) is 15.6. The van der Waals surface area contributed by atoms with Crippen molar-refractivity contribution in [1.29, 1.82) is 0 Å². The summed E-state index contributed by atoms with van der Waals surface area (Å²) in [5.74, 6) is 0.552. The molecule has 3 aromatic rings. The van der Waals surface area contributed by atoms with E-state index in [0.717, 1.165) is 22.4 Å². The highest BCUT2D eigenvalue weighted by Gasteiger charge is 2.31. The molecule has 1 heterocycles. The molecule has 0 saturated carbocycles. The lowest BCUT2D eigenvalue weighted by atomic mass is 9.94. The van der Waals surface area contributed by atoms with Gasteiger partial charge in [-0.15, -0.1) is 0 Å². The van der Waals surface area contributed by atoms with Gasteiger partial charge in [0.2, 0.25) is 0 Å². The minimum atomic E-state index is -0.425. The number of thiocarbonyl (C=S) groups is 1. The molecule has 0 spiro atoms. The van der Waals surface area contributed by atoms with Gasteiger partial charge in [-0.25, -0.2) is 0 Å². The zero-order valence-corrected chi connectivity index (χ0v) is 18.6. The van der Waals surface area contributed by atoms with Gasteiger partial charge in [0.1, 0.15) is 12.4 Å². The van der Waals surface area contributed by atoms with E-state index in [1.807, 2.05) is 91.9 Å².